The zero-order valence-corrected chi connectivity index (χ0v) is 15.9. The van der Waals surface area contributed by atoms with Crippen molar-refractivity contribution in [2.45, 2.75) is 0 Å². The van der Waals surface area contributed by atoms with E-state index in [9.17, 15) is 4.79 Å². The van der Waals surface area contributed by atoms with E-state index < -0.39 is 0 Å². The fourth-order valence-electron chi connectivity index (χ4n) is 3.31. The van der Waals surface area contributed by atoms with Gasteiger partial charge in [-0.3, -0.25) is 9.48 Å². The molecule has 1 N–H and O–H groups in total. The van der Waals surface area contributed by atoms with Gasteiger partial charge in [-0.1, -0.05) is 24.3 Å². The van der Waals surface area contributed by atoms with E-state index in [0.717, 1.165) is 32.0 Å². The molecule has 0 fully saturated rings. The summed E-state index contributed by atoms with van der Waals surface area (Å²) in [7, 11) is 1.90. The largest absolute Gasteiger partial charge is 0.307 e. The van der Waals surface area contributed by atoms with Crippen LogP contribution in [0.3, 0.4) is 0 Å². The molecule has 3 aromatic heterocycles. The summed E-state index contributed by atoms with van der Waals surface area (Å²) in [6.45, 7) is 0. The molecule has 0 aliphatic heterocycles. The first-order valence-electron chi connectivity index (χ1n) is 8.84. The Balaban J connectivity index is 1.49. The molecule has 5 nitrogen and oxygen atoms in total. The molecule has 0 unspecified atom stereocenters. The summed E-state index contributed by atoms with van der Waals surface area (Å²) < 4.78 is 2.77. The number of fused-ring (bicyclic) bond motifs is 2. The van der Waals surface area contributed by atoms with E-state index in [0.29, 0.717) is 11.4 Å². The van der Waals surface area contributed by atoms with Crippen LogP contribution in [0.15, 0.2) is 72.5 Å². The second kappa shape index (κ2) is 6.58. The molecule has 0 saturated heterocycles. The lowest BCUT2D eigenvalue weighted by Gasteiger charge is -2.07. The molecule has 0 aliphatic carbocycles. The smallest absolute Gasteiger partial charge is 0.258 e. The Hall–Kier alpha value is -3.51. The Labute approximate surface area is 165 Å². The van der Waals surface area contributed by atoms with Crippen molar-refractivity contribution in [3.05, 3.63) is 78.1 Å². The number of carbonyl (C=O) groups excluding carboxylic acids is 1. The van der Waals surface area contributed by atoms with E-state index in [1.165, 1.54) is 0 Å². The Morgan fingerprint density at radius 2 is 1.93 bits per heavy atom. The minimum absolute atomic E-state index is 0.150. The van der Waals surface area contributed by atoms with Crippen molar-refractivity contribution in [3.63, 3.8) is 0 Å². The van der Waals surface area contributed by atoms with Crippen molar-refractivity contribution >= 4 is 43.9 Å². The second-order valence-corrected chi connectivity index (χ2v) is 7.55. The van der Waals surface area contributed by atoms with Gasteiger partial charge in [-0.15, -0.1) is 11.3 Å². The number of thiophene rings is 1. The maximum absolute atomic E-state index is 12.8. The highest BCUT2D eigenvalue weighted by Crippen LogP contribution is 2.27. The fraction of sp³-hybridized carbons (Fsp3) is 0.0455. The first-order chi connectivity index (χ1) is 13.7. The summed E-state index contributed by atoms with van der Waals surface area (Å²) in [6.07, 6.45) is 5.60. The monoisotopic (exact) mass is 384 g/mol. The van der Waals surface area contributed by atoms with E-state index in [1.807, 2.05) is 61.2 Å². The quantitative estimate of drug-likeness (QED) is 0.471. The highest BCUT2D eigenvalue weighted by atomic mass is 32.1. The maximum Gasteiger partial charge on any atom is 0.258 e. The van der Waals surface area contributed by atoms with Crippen LogP contribution < -0.4 is 5.32 Å². The number of carbonyl (C=O) groups is 1. The molecule has 5 aromatic rings. The van der Waals surface area contributed by atoms with Crippen LogP contribution in [0.25, 0.3) is 32.0 Å². The molecule has 2 aromatic carbocycles. The number of nitrogens with zero attached hydrogens (tertiary/aromatic N) is 3. The number of nitrogens with one attached hydrogen (secondary N) is 1. The highest BCUT2D eigenvalue weighted by molar-refractivity contribution is 7.17. The van der Waals surface area contributed by atoms with Crippen LogP contribution in [0.5, 0.6) is 0 Å². The lowest BCUT2D eigenvalue weighted by molar-refractivity contribution is 0.102. The molecule has 28 heavy (non-hydrogen) atoms. The number of amides is 1. The SMILES string of the molecule is Cn1cc(-c2ccc3cnc(NC(=O)c4cccc5ccsc45)cc3c2)cn1. The van der Waals surface area contributed by atoms with E-state index in [1.54, 1.807) is 22.2 Å². The number of benzene rings is 2. The molecule has 6 heteroatoms. The number of rotatable bonds is 3. The van der Waals surface area contributed by atoms with Gasteiger partial charge < -0.3 is 5.32 Å². The molecule has 3 heterocycles. The lowest BCUT2D eigenvalue weighted by Crippen LogP contribution is -2.12. The maximum atomic E-state index is 12.8. The van der Waals surface area contributed by atoms with Crippen molar-refractivity contribution in [1.29, 1.82) is 0 Å². The van der Waals surface area contributed by atoms with Gasteiger partial charge in [0.1, 0.15) is 5.82 Å². The van der Waals surface area contributed by atoms with Gasteiger partial charge in [0.25, 0.3) is 5.91 Å². The molecular weight excluding hydrogens is 368 g/mol. The van der Waals surface area contributed by atoms with E-state index >= 15 is 0 Å². The number of hydrogen-bond donors (Lipinski definition) is 1. The van der Waals surface area contributed by atoms with Gasteiger partial charge in [0.2, 0.25) is 0 Å². The molecule has 0 saturated carbocycles. The zero-order chi connectivity index (χ0) is 19.1. The minimum atomic E-state index is -0.150. The van der Waals surface area contributed by atoms with Gasteiger partial charge in [-0.25, -0.2) is 4.98 Å². The van der Waals surface area contributed by atoms with Crippen LogP contribution in [0.1, 0.15) is 10.4 Å². The van der Waals surface area contributed by atoms with E-state index in [-0.39, 0.29) is 5.91 Å². The molecule has 0 radical (unpaired) electrons. The molecule has 0 atom stereocenters. The lowest BCUT2D eigenvalue weighted by atomic mass is 10.0. The van der Waals surface area contributed by atoms with Crippen LogP contribution in [0, 0.1) is 0 Å². The topological polar surface area (TPSA) is 59.8 Å². The normalized spacial score (nSPS) is 11.2. The molecule has 5 rings (SSSR count). The fourth-order valence-corrected chi connectivity index (χ4v) is 4.23. The number of pyridine rings is 1. The van der Waals surface area contributed by atoms with Crippen molar-refractivity contribution in [3.8, 4) is 11.1 Å². The van der Waals surface area contributed by atoms with E-state index in [2.05, 4.69) is 27.5 Å². The van der Waals surface area contributed by atoms with Gasteiger partial charge >= 0.3 is 0 Å². The Kier molecular flexibility index (Phi) is 3.91. The summed E-state index contributed by atoms with van der Waals surface area (Å²) in [4.78, 5) is 17.2. The molecule has 1 amide bonds. The predicted octanol–water partition coefficient (Wildman–Crippen LogP) is 5.10. The summed E-state index contributed by atoms with van der Waals surface area (Å²) in [6, 6.07) is 15.8. The van der Waals surface area contributed by atoms with Crippen molar-refractivity contribution in [1.82, 2.24) is 14.8 Å². The number of aryl methyl sites for hydroxylation is 1. The Bertz CT molecular complexity index is 1330. The zero-order valence-electron chi connectivity index (χ0n) is 15.1. The summed E-state index contributed by atoms with van der Waals surface area (Å²) >= 11 is 1.57. The van der Waals surface area contributed by atoms with Gasteiger partial charge in [0, 0.05) is 35.1 Å². The third-order valence-corrected chi connectivity index (χ3v) is 5.69. The Morgan fingerprint density at radius 1 is 1.00 bits per heavy atom. The molecule has 136 valence electrons. The molecular formula is C22H16N4OS. The van der Waals surface area contributed by atoms with Gasteiger partial charge in [0.05, 0.1) is 11.8 Å². The molecule has 0 spiro atoms. The third-order valence-electron chi connectivity index (χ3n) is 4.73. The first kappa shape index (κ1) is 16.6. The van der Waals surface area contributed by atoms with Crippen molar-refractivity contribution in [2.24, 2.45) is 7.05 Å². The summed E-state index contributed by atoms with van der Waals surface area (Å²) in [5, 5.41) is 12.3. The standard InChI is InChI=1S/C22H16N4OS/c1-26-13-18(12-24-26)15-5-6-16-11-23-20(10-17(16)9-15)25-22(27)19-4-2-3-14-7-8-28-21(14)19/h2-13H,1H3,(H,23,25,27). The second-order valence-electron chi connectivity index (χ2n) is 6.63. The average molecular weight is 384 g/mol. The average Bonchev–Trinajstić information content (AvgIpc) is 3.36. The van der Waals surface area contributed by atoms with Crippen molar-refractivity contribution < 1.29 is 4.79 Å². The van der Waals surface area contributed by atoms with Crippen LogP contribution in [-0.4, -0.2) is 20.7 Å². The summed E-state index contributed by atoms with van der Waals surface area (Å²) in [5.74, 6) is 0.387. The Morgan fingerprint density at radius 3 is 2.79 bits per heavy atom. The number of anilines is 1. The number of aromatic nitrogens is 3. The van der Waals surface area contributed by atoms with E-state index in [4.69, 9.17) is 0 Å². The van der Waals surface area contributed by atoms with Gasteiger partial charge in [-0.05, 0) is 46.0 Å². The molecule has 0 bridgehead atoms. The van der Waals surface area contributed by atoms with Gasteiger partial charge in [0.15, 0.2) is 0 Å². The van der Waals surface area contributed by atoms with Crippen LogP contribution in [-0.2, 0) is 7.05 Å². The first-order valence-corrected chi connectivity index (χ1v) is 9.72. The number of hydrogen-bond acceptors (Lipinski definition) is 4. The van der Waals surface area contributed by atoms with Crippen LogP contribution in [0.4, 0.5) is 5.82 Å². The molecule has 0 aliphatic rings. The predicted molar refractivity (Wildman–Crippen MR) is 114 cm³/mol. The minimum Gasteiger partial charge on any atom is -0.307 e. The summed E-state index contributed by atoms with van der Waals surface area (Å²) in [5.41, 5.74) is 2.79. The third kappa shape index (κ3) is 2.93. The van der Waals surface area contributed by atoms with Crippen LogP contribution >= 0.6 is 11.3 Å². The van der Waals surface area contributed by atoms with Gasteiger partial charge in [-0.2, -0.15) is 5.10 Å². The highest BCUT2D eigenvalue weighted by Gasteiger charge is 2.12. The van der Waals surface area contributed by atoms with Crippen molar-refractivity contribution in [2.75, 3.05) is 5.32 Å². The van der Waals surface area contributed by atoms with Crippen LogP contribution in [0.2, 0.25) is 0 Å².